The van der Waals surface area contributed by atoms with E-state index in [1.165, 1.54) is 19.1 Å². The molecule has 0 fully saturated rings. The molecule has 2 aromatic carbocycles. The van der Waals surface area contributed by atoms with Crippen LogP contribution in [0, 0.1) is 0 Å². The first-order valence-electron chi connectivity index (χ1n) is 7.77. The fourth-order valence-electron chi connectivity index (χ4n) is 2.62. The van der Waals surface area contributed by atoms with E-state index in [9.17, 15) is 18.0 Å². The lowest BCUT2D eigenvalue weighted by atomic mass is 10.0. The average molecular weight is 394 g/mol. The Bertz CT molecular complexity index is 988. The van der Waals surface area contributed by atoms with Crippen LogP contribution in [0.3, 0.4) is 0 Å². The second kappa shape index (κ2) is 6.97. The molecule has 0 saturated carbocycles. The van der Waals surface area contributed by atoms with Crippen molar-refractivity contribution >= 4 is 50.5 Å². The third-order valence-corrected chi connectivity index (χ3v) is 5.46. The van der Waals surface area contributed by atoms with Crippen molar-refractivity contribution in [3.8, 4) is 0 Å². The number of carbonyl (C=O) groups excluding carboxylic acids is 2. The van der Waals surface area contributed by atoms with Crippen molar-refractivity contribution < 1.29 is 18.0 Å². The highest BCUT2D eigenvalue weighted by atomic mass is 35.5. The Balaban J connectivity index is 1.85. The van der Waals surface area contributed by atoms with Gasteiger partial charge in [-0.25, -0.2) is 8.42 Å². The molecule has 26 heavy (non-hydrogen) atoms. The summed E-state index contributed by atoms with van der Waals surface area (Å²) in [4.78, 5) is 22.5. The Kier molecular flexibility index (Phi) is 4.88. The van der Waals surface area contributed by atoms with Gasteiger partial charge in [-0.3, -0.25) is 14.3 Å². The first-order chi connectivity index (χ1) is 12.2. The number of sulfonamides is 1. The fourth-order valence-corrected chi connectivity index (χ4v) is 4.10. The molecule has 3 rings (SSSR count). The highest BCUT2D eigenvalue weighted by Crippen LogP contribution is 2.33. The van der Waals surface area contributed by atoms with E-state index >= 15 is 0 Å². The molecule has 3 N–H and O–H groups in total. The molecular formula is C17H16ClN3O4S. The number of aryl methyl sites for hydroxylation is 1. The molecule has 0 spiro atoms. The maximum absolute atomic E-state index is 12.6. The van der Waals surface area contributed by atoms with Gasteiger partial charge in [-0.2, -0.15) is 0 Å². The zero-order valence-electron chi connectivity index (χ0n) is 13.8. The SMILES string of the molecule is CC(=O)Nc1ccc(NS(=O)(=O)c2cc(Cl)c3c(c2)CCC(=O)N3)cc1. The molecule has 1 aliphatic heterocycles. The lowest BCUT2D eigenvalue weighted by Gasteiger charge is -2.19. The summed E-state index contributed by atoms with van der Waals surface area (Å²) in [7, 11) is -3.85. The Morgan fingerprint density at radius 1 is 1.12 bits per heavy atom. The molecule has 2 amide bonds. The van der Waals surface area contributed by atoms with Gasteiger partial charge in [-0.15, -0.1) is 0 Å². The summed E-state index contributed by atoms with van der Waals surface area (Å²) >= 11 is 6.14. The monoisotopic (exact) mass is 393 g/mol. The topological polar surface area (TPSA) is 104 Å². The summed E-state index contributed by atoms with van der Waals surface area (Å²) in [6.07, 6.45) is 0.709. The van der Waals surface area contributed by atoms with Gasteiger partial charge in [0.15, 0.2) is 0 Å². The van der Waals surface area contributed by atoms with E-state index in [1.807, 2.05) is 0 Å². The third kappa shape index (κ3) is 3.97. The number of hydrogen-bond acceptors (Lipinski definition) is 4. The molecule has 1 heterocycles. The molecule has 0 atom stereocenters. The summed E-state index contributed by atoms with van der Waals surface area (Å²) in [5.41, 5.74) is 2.05. The van der Waals surface area contributed by atoms with E-state index in [0.29, 0.717) is 29.0 Å². The third-order valence-electron chi connectivity index (χ3n) is 3.80. The number of carbonyl (C=O) groups is 2. The summed E-state index contributed by atoms with van der Waals surface area (Å²) in [6, 6.07) is 9.09. The minimum absolute atomic E-state index is 0.0170. The summed E-state index contributed by atoms with van der Waals surface area (Å²) in [5.74, 6) is -0.360. The van der Waals surface area contributed by atoms with Gasteiger partial charge in [0.05, 0.1) is 15.6 Å². The number of benzene rings is 2. The van der Waals surface area contributed by atoms with Crippen LogP contribution in [0.4, 0.5) is 17.1 Å². The predicted octanol–water partition coefficient (Wildman–Crippen LogP) is 2.98. The smallest absolute Gasteiger partial charge is 0.261 e. The number of hydrogen-bond donors (Lipinski definition) is 3. The Labute approximate surface area is 155 Å². The van der Waals surface area contributed by atoms with Gasteiger partial charge in [0.1, 0.15) is 0 Å². The molecule has 0 aromatic heterocycles. The molecule has 1 aliphatic rings. The first kappa shape index (κ1) is 18.2. The number of rotatable bonds is 4. The molecule has 7 nitrogen and oxygen atoms in total. The van der Waals surface area contributed by atoms with Crippen LogP contribution < -0.4 is 15.4 Å². The molecule has 0 unspecified atom stereocenters. The van der Waals surface area contributed by atoms with E-state index in [-0.39, 0.29) is 28.2 Å². The normalized spacial score (nSPS) is 13.5. The lowest BCUT2D eigenvalue weighted by molar-refractivity contribution is -0.116. The predicted molar refractivity (Wildman–Crippen MR) is 100.0 cm³/mol. The van der Waals surface area contributed by atoms with Crippen LogP contribution in [0.5, 0.6) is 0 Å². The van der Waals surface area contributed by atoms with Crippen molar-refractivity contribution in [2.75, 3.05) is 15.4 Å². The zero-order valence-corrected chi connectivity index (χ0v) is 15.4. The average Bonchev–Trinajstić information content (AvgIpc) is 2.56. The van der Waals surface area contributed by atoms with Crippen molar-refractivity contribution in [3.05, 3.63) is 47.0 Å². The lowest BCUT2D eigenvalue weighted by Crippen LogP contribution is -2.20. The standard InChI is InChI=1S/C17H16ClN3O4S/c1-10(22)19-12-3-5-13(6-4-12)21-26(24,25)14-8-11-2-7-16(23)20-17(11)15(18)9-14/h3-6,8-9,21H,2,7H2,1H3,(H,19,22)(H,20,23). The number of halogens is 1. The van der Waals surface area contributed by atoms with Crippen LogP contribution in [-0.4, -0.2) is 20.2 Å². The van der Waals surface area contributed by atoms with Gasteiger partial charge < -0.3 is 10.6 Å². The van der Waals surface area contributed by atoms with Crippen molar-refractivity contribution in [1.29, 1.82) is 0 Å². The van der Waals surface area contributed by atoms with Crippen molar-refractivity contribution in [2.45, 2.75) is 24.7 Å². The summed E-state index contributed by atoms with van der Waals surface area (Å²) in [5, 5.41) is 5.44. The van der Waals surface area contributed by atoms with Crippen LogP contribution >= 0.6 is 11.6 Å². The van der Waals surface area contributed by atoms with Gasteiger partial charge >= 0.3 is 0 Å². The Morgan fingerprint density at radius 3 is 2.42 bits per heavy atom. The molecule has 9 heteroatoms. The molecule has 0 radical (unpaired) electrons. The maximum atomic E-state index is 12.6. The van der Waals surface area contributed by atoms with Crippen molar-refractivity contribution in [3.63, 3.8) is 0 Å². The quantitative estimate of drug-likeness (QED) is 0.742. The molecule has 2 aromatic rings. The molecular weight excluding hydrogens is 378 g/mol. The van der Waals surface area contributed by atoms with Crippen LogP contribution in [0.25, 0.3) is 0 Å². The number of anilines is 3. The highest BCUT2D eigenvalue weighted by Gasteiger charge is 2.23. The van der Waals surface area contributed by atoms with Crippen LogP contribution in [0.15, 0.2) is 41.3 Å². The molecule has 136 valence electrons. The van der Waals surface area contributed by atoms with Crippen LogP contribution in [0.1, 0.15) is 18.9 Å². The van der Waals surface area contributed by atoms with E-state index in [2.05, 4.69) is 15.4 Å². The maximum Gasteiger partial charge on any atom is 0.261 e. The largest absolute Gasteiger partial charge is 0.326 e. The highest BCUT2D eigenvalue weighted by molar-refractivity contribution is 7.92. The summed E-state index contributed by atoms with van der Waals surface area (Å²) < 4.78 is 27.8. The molecule has 0 saturated heterocycles. The van der Waals surface area contributed by atoms with Crippen molar-refractivity contribution in [2.24, 2.45) is 0 Å². The zero-order chi connectivity index (χ0) is 18.9. The Morgan fingerprint density at radius 2 is 1.77 bits per heavy atom. The van der Waals surface area contributed by atoms with Crippen LogP contribution in [-0.2, 0) is 26.0 Å². The minimum atomic E-state index is -3.85. The van der Waals surface area contributed by atoms with Crippen molar-refractivity contribution in [1.82, 2.24) is 0 Å². The van der Waals surface area contributed by atoms with E-state index in [1.54, 1.807) is 24.3 Å². The first-order valence-corrected chi connectivity index (χ1v) is 9.63. The molecule has 0 aliphatic carbocycles. The Hall–Kier alpha value is -2.58. The number of nitrogens with one attached hydrogen (secondary N) is 3. The minimum Gasteiger partial charge on any atom is -0.326 e. The van der Waals surface area contributed by atoms with Gasteiger partial charge in [0, 0.05) is 24.7 Å². The molecule has 0 bridgehead atoms. The van der Waals surface area contributed by atoms with Gasteiger partial charge in [-0.1, -0.05) is 11.6 Å². The second-order valence-electron chi connectivity index (χ2n) is 5.85. The van der Waals surface area contributed by atoms with Gasteiger partial charge in [0.25, 0.3) is 10.0 Å². The van der Waals surface area contributed by atoms with E-state index < -0.39 is 10.0 Å². The van der Waals surface area contributed by atoms with Gasteiger partial charge in [-0.05, 0) is 48.4 Å². The fraction of sp³-hybridized carbons (Fsp3) is 0.176. The second-order valence-corrected chi connectivity index (χ2v) is 7.94. The van der Waals surface area contributed by atoms with E-state index in [0.717, 1.165) is 0 Å². The van der Waals surface area contributed by atoms with Gasteiger partial charge in [0.2, 0.25) is 11.8 Å². The number of amides is 2. The number of fused-ring (bicyclic) bond motifs is 1. The van der Waals surface area contributed by atoms with E-state index in [4.69, 9.17) is 11.6 Å². The van der Waals surface area contributed by atoms with Crippen LogP contribution in [0.2, 0.25) is 5.02 Å². The summed E-state index contributed by atoms with van der Waals surface area (Å²) in [6.45, 7) is 1.39.